The summed E-state index contributed by atoms with van der Waals surface area (Å²) >= 11 is 0. The zero-order chi connectivity index (χ0) is 9.68. The van der Waals surface area contributed by atoms with Crippen molar-refractivity contribution in [2.24, 2.45) is 0 Å². The Morgan fingerprint density at radius 2 is 2.08 bits per heavy atom. The fourth-order valence-corrected chi connectivity index (χ4v) is 1.35. The molecule has 0 saturated heterocycles. The van der Waals surface area contributed by atoms with Gasteiger partial charge in [-0.1, -0.05) is 42.5 Å². The van der Waals surface area contributed by atoms with Crippen molar-refractivity contribution in [2.45, 2.75) is 12.8 Å². The third-order valence-corrected chi connectivity index (χ3v) is 2.09. The van der Waals surface area contributed by atoms with Gasteiger partial charge in [-0.3, -0.25) is 0 Å². The van der Waals surface area contributed by atoms with E-state index in [0.717, 1.165) is 5.57 Å². The first-order valence-corrected chi connectivity index (χ1v) is 4.33. The Morgan fingerprint density at radius 1 is 1.46 bits per heavy atom. The number of rotatable bonds is 4. The summed E-state index contributed by atoms with van der Waals surface area (Å²) in [6, 6.07) is 10.0. The molecule has 1 rings (SSSR count). The summed E-state index contributed by atoms with van der Waals surface area (Å²) in [5.41, 5.74) is 4.41. The van der Waals surface area contributed by atoms with E-state index in [2.05, 4.69) is 12.1 Å². The number of benzene rings is 1. The van der Waals surface area contributed by atoms with Crippen molar-refractivity contribution >= 4 is 0 Å². The summed E-state index contributed by atoms with van der Waals surface area (Å²) in [5.74, 6) is 0.186. The topological polar surface area (TPSA) is 32.3 Å². The zero-order valence-corrected chi connectivity index (χ0v) is 7.83. The molecule has 2 nitrogen and oxygen atoms in total. The van der Waals surface area contributed by atoms with Crippen molar-refractivity contribution in [3.05, 3.63) is 48.0 Å². The minimum Gasteiger partial charge on any atom is -0.317 e. The monoisotopic (exact) mass is 177 g/mol. The first-order valence-electron chi connectivity index (χ1n) is 4.33. The molecule has 70 valence electrons. The lowest BCUT2D eigenvalue weighted by Crippen LogP contribution is -2.18. The molecule has 0 amide bonds. The Kier molecular flexibility index (Phi) is 3.68. The van der Waals surface area contributed by atoms with E-state index in [-0.39, 0.29) is 5.92 Å². The van der Waals surface area contributed by atoms with Gasteiger partial charge in [-0.15, -0.1) is 0 Å². The zero-order valence-electron chi connectivity index (χ0n) is 7.83. The lowest BCUT2D eigenvalue weighted by atomic mass is 9.93. The Labute approximate surface area is 78.9 Å². The van der Waals surface area contributed by atoms with Gasteiger partial charge < -0.3 is 5.21 Å². The van der Waals surface area contributed by atoms with Crippen LogP contribution in [-0.4, -0.2) is 11.8 Å². The molecular formula is C11H15NO. The Hall–Kier alpha value is -1.12. The summed E-state index contributed by atoms with van der Waals surface area (Å²) in [5, 5.41) is 8.66. The molecule has 0 heterocycles. The van der Waals surface area contributed by atoms with Crippen LogP contribution in [-0.2, 0) is 0 Å². The summed E-state index contributed by atoms with van der Waals surface area (Å²) in [6.07, 6.45) is 0. The van der Waals surface area contributed by atoms with E-state index < -0.39 is 0 Å². The number of hydroxylamine groups is 1. The standard InChI is InChI=1S/C11H15NO/c1-9(2)11(8-12-13)10-6-4-3-5-7-10/h3-7,11-13H,1,8H2,2H3. The second kappa shape index (κ2) is 4.80. The van der Waals surface area contributed by atoms with Crippen LogP contribution in [0.2, 0.25) is 0 Å². The molecule has 1 aromatic rings. The summed E-state index contributed by atoms with van der Waals surface area (Å²) < 4.78 is 0. The van der Waals surface area contributed by atoms with Gasteiger partial charge in [0.2, 0.25) is 0 Å². The first kappa shape index (κ1) is 9.96. The molecule has 0 fully saturated rings. The van der Waals surface area contributed by atoms with Gasteiger partial charge in [0.05, 0.1) is 0 Å². The average Bonchev–Trinajstić information content (AvgIpc) is 2.15. The highest BCUT2D eigenvalue weighted by molar-refractivity contribution is 5.27. The lowest BCUT2D eigenvalue weighted by molar-refractivity contribution is 0.163. The van der Waals surface area contributed by atoms with Gasteiger partial charge in [-0.2, -0.15) is 0 Å². The van der Waals surface area contributed by atoms with E-state index in [1.165, 1.54) is 5.56 Å². The van der Waals surface area contributed by atoms with Gasteiger partial charge in [0.15, 0.2) is 0 Å². The number of hydrogen-bond acceptors (Lipinski definition) is 2. The molecular weight excluding hydrogens is 162 g/mol. The molecule has 0 aliphatic heterocycles. The van der Waals surface area contributed by atoms with E-state index in [1.807, 2.05) is 37.3 Å². The quantitative estimate of drug-likeness (QED) is 0.546. The molecule has 0 aromatic heterocycles. The molecule has 0 bridgehead atoms. The normalized spacial score (nSPS) is 12.5. The Morgan fingerprint density at radius 3 is 2.54 bits per heavy atom. The van der Waals surface area contributed by atoms with Crippen molar-refractivity contribution in [3.8, 4) is 0 Å². The van der Waals surface area contributed by atoms with Crippen LogP contribution in [0.15, 0.2) is 42.5 Å². The molecule has 13 heavy (non-hydrogen) atoms. The van der Waals surface area contributed by atoms with Gasteiger partial charge in [0, 0.05) is 12.5 Å². The first-order chi connectivity index (χ1) is 6.25. The van der Waals surface area contributed by atoms with Gasteiger partial charge in [-0.05, 0) is 12.5 Å². The minimum absolute atomic E-state index is 0.186. The minimum atomic E-state index is 0.186. The second-order valence-corrected chi connectivity index (χ2v) is 3.17. The van der Waals surface area contributed by atoms with Crippen LogP contribution in [0.4, 0.5) is 0 Å². The van der Waals surface area contributed by atoms with Crippen LogP contribution in [0.1, 0.15) is 18.4 Å². The van der Waals surface area contributed by atoms with E-state index >= 15 is 0 Å². The van der Waals surface area contributed by atoms with E-state index in [1.54, 1.807) is 0 Å². The Balaban J connectivity index is 2.82. The predicted octanol–water partition coefficient (Wildman–Crippen LogP) is 2.33. The van der Waals surface area contributed by atoms with Crippen LogP contribution in [0, 0.1) is 0 Å². The average molecular weight is 177 g/mol. The molecule has 0 radical (unpaired) electrons. The fraction of sp³-hybridized carbons (Fsp3) is 0.273. The maximum absolute atomic E-state index is 8.66. The highest BCUT2D eigenvalue weighted by Gasteiger charge is 2.10. The van der Waals surface area contributed by atoms with Gasteiger partial charge >= 0.3 is 0 Å². The molecule has 0 aliphatic rings. The van der Waals surface area contributed by atoms with E-state index in [0.29, 0.717) is 6.54 Å². The van der Waals surface area contributed by atoms with Gasteiger partial charge in [-0.25, -0.2) is 5.48 Å². The molecule has 1 aromatic carbocycles. The van der Waals surface area contributed by atoms with E-state index in [9.17, 15) is 0 Å². The van der Waals surface area contributed by atoms with Crippen LogP contribution in [0.3, 0.4) is 0 Å². The summed E-state index contributed by atoms with van der Waals surface area (Å²) in [7, 11) is 0. The van der Waals surface area contributed by atoms with Gasteiger partial charge in [0.1, 0.15) is 0 Å². The van der Waals surface area contributed by atoms with Crippen LogP contribution in [0.5, 0.6) is 0 Å². The third kappa shape index (κ3) is 2.68. The number of nitrogens with one attached hydrogen (secondary N) is 1. The summed E-state index contributed by atoms with van der Waals surface area (Å²) in [4.78, 5) is 0. The van der Waals surface area contributed by atoms with Gasteiger partial charge in [0.25, 0.3) is 0 Å². The molecule has 0 spiro atoms. The van der Waals surface area contributed by atoms with Crippen molar-refractivity contribution in [2.75, 3.05) is 6.54 Å². The summed E-state index contributed by atoms with van der Waals surface area (Å²) in [6.45, 7) is 6.38. The maximum Gasteiger partial charge on any atom is 0.0313 e. The fourth-order valence-electron chi connectivity index (χ4n) is 1.35. The predicted molar refractivity (Wildman–Crippen MR) is 53.8 cm³/mol. The largest absolute Gasteiger partial charge is 0.317 e. The van der Waals surface area contributed by atoms with E-state index in [4.69, 9.17) is 5.21 Å². The molecule has 0 saturated carbocycles. The Bertz CT molecular complexity index is 269. The van der Waals surface area contributed by atoms with Crippen LogP contribution < -0.4 is 5.48 Å². The molecule has 2 heteroatoms. The smallest absolute Gasteiger partial charge is 0.0313 e. The van der Waals surface area contributed by atoms with Crippen LogP contribution >= 0.6 is 0 Å². The van der Waals surface area contributed by atoms with Crippen molar-refractivity contribution in [1.82, 2.24) is 5.48 Å². The molecule has 0 aliphatic carbocycles. The number of hydrogen-bond donors (Lipinski definition) is 2. The molecule has 1 unspecified atom stereocenters. The highest BCUT2D eigenvalue weighted by Crippen LogP contribution is 2.21. The van der Waals surface area contributed by atoms with Crippen molar-refractivity contribution in [3.63, 3.8) is 0 Å². The molecule has 2 N–H and O–H groups in total. The van der Waals surface area contributed by atoms with Crippen LogP contribution in [0.25, 0.3) is 0 Å². The maximum atomic E-state index is 8.66. The second-order valence-electron chi connectivity index (χ2n) is 3.17. The SMILES string of the molecule is C=C(C)C(CNO)c1ccccc1. The lowest BCUT2D eigenvalue weighted by Gasteiger charge is -2.15. The third-order valence-electron chi connectivity index (χ3n) is 2.09. The van der Waals surface area contributed by atoms with Crippen molar-refractivity contribution < 1.29 is 5.21 Å². The molecule has 1 atom stereocenters. The highest BCUT2D eigenvalue weighted by atomic mass is 16.5. The van der Waals surface area contributed by atoms with Crippen molar-refractivity contribution in [1.29, 1.82) is 0 Å².